The molecule has 2 fully saturated rings. The largest absolute Gasteiger partial charge is 0.497 e. The summed E-state index contributed by atoms with van der Waals surface area (Å²) in [5.41, 5.74) is 2.81. The van der Waals surface area contributed by atoms with Gasteiger partial charge in [-0.2, -0.15) is 12.6 Å². The molecule has 0 bridgehead atoms. The molecule has 4 rings (SSSR count). The number of methoxy groups -OCH3 is 1. The van der Waals surface area contributed by atoms with Crippen LogP contribution in [0, 0.1) is 17.8 Å². The Hall–Kier alpha value is -1.49. The molecule has 0 aromatic heterocycles. The number of benzene rings is 1. The number of carboxylic acid groups (broad SMARTS) is 1. The summed E-state index contributed by atoms with van der Waals surface area (Å²) in [6, 6.07) is 6.43. The second-order valence-electron chi connectivity index (χ2n) is 8.54. The summed E-state index contributed by atoms with van der Waals surface area (Å²) in [5, 5.41) is 8.97. The molecule has 3 aliphatic rings. The number of hydrogen-bond donors (Lipinski definition) is 2. The van der Waals surface area contributed by atoms with Crippen LogP contribution < -0.4 is 4.74 Å². The van der Waals surface area contributed by atoms with Crippen molar-refractivity contribution in [1.82, 2.24) is 0 Å². The number of thiol groups is 1. The van der Waals surface area contributed by atoms with Gasteiger partial charge in [0.25, 0.3) is 0 Å². The zero-order chi connectivity index (χ0) is 19.2. The van der Waals surface area contributed by atoms with Crippen LogP contribution in [0.3, 0.4) is 0 Å². The van der Waals surface area contributed by atoms with E-state index in [4.69, 9.17) is 22.5 Å². The Kier molecular flexibility index (Phi) is 5.00. The molecular formula is C22H28O4S. The zero-order valence-electron chi connectivity index (χ0n) is 15.8. The Balaban J connectivity index is 1.61. The lowest BCUT2D eigenvalue weighted by atomic mass is 9.58. The fraction of sp³-hybridized carbons (Fsp3) is 0.636. The van der Waals surface area contributed by atoms with Gasteiger partial charge in [-0.25, -0.2) is 0 Å². The van der Waals surface area contributed by atoms with E-state index < -0.39 is 10.7 Å². The Morgan fingerprint density at radius 1 is 1.37 bits per heavy atom. The first-order valence-corrected chi connectivity index (χ1v) is 10.5. The number of Topliss-reactive ketones (excluding diaryl/α,β-unsaturated/α-hetero) is 1. The molecule has 2 saturated carbocycles. The Labute approximate surface area is 166 Å². The molecule has 0 amide bonds. The number of rotatable bonds is 5. The van der Waals surface area contributed by atoms with Crippen molar-refractivity contribution in [3.8, 4) is 5.75 Å². The maximum Gasteiger partial charge on any atom is 0.303 e. The summed E-state index contributed by atoms with van der Waals surface area (Å²) < 4.78 is 4.89. The molecule has 4 nitrogen and oxygen atoms in total. The quantitative estimate of drug-likeness (QED) is 0.740. The van der Waals surface area contributed by atoms with Crippen LogP contribution in [-0.4, -0.2) is 28.7 Å². The molecule has 146 valence electrons. The normalized spacial score (nSPS) is 34.5. The second kappa shape index (κ2) is 7.16. The summed E-state index contributed by atoms with van der Waals surface area (Å²) in [6.45, 7) is 0. The first kappa shape index (κ1) is 18.9. The van der Waals surface area contributed by atoms with Crippen LogP contribution in [0.2, 0.25) is 0 Å². The summed E-state index contributed by atoms with van der Waals surface area (Å²) in [6.07, 6.45) is 6.19. The number of ketones is 1. The van der Waals surface area contributed by atoms with Crippen molar-refractivity contribution in [3.63, 3.8) is 0 Å². The number of carbonyl (C=O) groups excluding carboxylic acids is 1. The van der Waals surface area contributed by atoms with Gasteiger partial charge in [-0.15, -0.1) is 0 Å². The molecule has 27 heavy (non-hydrogen) atoms. The van der Waals surface area contributed by atoms with Gasteiger partial charge in [-0.05, 0) is 85.5 Å². The topological polar surface area (TPSA) is 63.6 Å². The predicted octanol–water partition coefficient (Wildman–Crippen LogP) is 4.26. The number of aliphatic carboxylic acids is 1. The van der Waals surface area contributed by atoms with Crippen molar-refractivity contribution in [2.45, 2.75) is 62.0 Å². The van der Waals surface area contributed by atoms with Crippen molar-refractivity contribution in [3.05, 3.63) is 29.3 Å². The van der Waals surface area contributed by atoms with Gasteiger partial charge in [-0.3, -0.25) is 9.59 Å². The van der Waals surface area contributed by atoms with Crippen LogP contribution >= 0.6 is 12.6 Å². The number of fused-ring (bicyclic) bond motifs is 5. The van der Waals surface area contributed by atoms with Crippen molar-refractivity contribution in [2.24, 2.45) is 17.8 Å². The van der Waals surface area contributed by atoms with Crippen LogP contribution in [0.1, 0.15) is 62.0 Å². The number of carboxylic acids is 1. The van der Waals surface area contributed by atoms with Crippen molar-refractivity contribution >= 4 is 24.4 Å². The summed E-state index contributed by atoms with van der Waals surface area (Å²) in [4.78, 5) is 23.7. The summed E-state index contributed by atoms with van der Waals surface area (Å²) in [5.74, 6) is 1.96. The third kappa shape index (κ3) is 3.18. The average molecular weight is 389 g/mol. The van der Waals surface area contributed by atoms with E-state index in [1.807, 2.05) is 6.07 Å². The lowest BCUT2D eigenvalue weighted by molar-refractivity contribution is -0.137. The smallest absolute Gasteiger partial charge is 0.303 e. The monoisotopic (exact) mass is 388 g/mol. The fourth-order valence-corrected chi connectivity index (χ4v) is 6.76. The van der Waals surface area contributed by atoms with Gasteiger partial charge in [-0.1, -0.05) is 6.07 Å². The number of aryl methyl sites for hydroxylation is 1. The lowest BCUT2D eigenvalue weighted by Gasteiger charge is -2.49. The van der Waals surface area contributed by atoms with Crippen molar-refractivity contribution in [1.29, 1.82) is 0 Å². The van der Waals surface area contributed by atoms with Gasteiger partial charge >= 0.3 is 5.97 Å². The highest BCUT2D eigenvalue weighted by molar-refractivity contribution is 7.82. The molecule has 0 aliphatic heterocycles. The number of hydrogen-bond acceptors (Lipinski definition) is 4. The van der Waals surface area contributed by atoms with E-state index in [-0.39, 0.29) is 24.0 Å². The molecule has 0 heterocycles. The van der Waals surface area contributed by atoms with Gasteiger partial charge in [0.1, 0.15) is 11.5 Å². The fourth-order valence-electron chi connectivity index (χ4n) is 6.14. The average Bonchev–Trinajstić information content (AvgIpc) is 2.91. The van der Waals surface area contributed by atoms with E-state index >= 15 is 0 Å². The van der Waals surface area contributed by atoms with Crippen LogP contribution in [0.15, 0.2) is 18.2 Å². The van der Waals surface area contributed by atoms with E-state index in [0.29, 0.717) is 24.7 Å². The molecule has 3 aliphatic carbocycles. The molecule has 4 unspecified atom stereocenters. The van der Waals surface area contributed by atoms with Crippen molar-refractivity contribution < 1.29 is 19.4 Å². The lowest BCUT2D eigenvalue weighted by Crippen LogP contribution is -2.47. The highest BCUT2D eigenvalue weighted by atomic mass is 32.1. The van der Waals surface area contributed by atoms with Crippen LogP contribution in [0.4, 0.5) is 0 Å². The molecule has 1 aromatic carbocycles. The van der Waals surface area contributed by atoms with Crippen LogP contribution in [0.25, 0.3) is 0 Å². The number of ether oxygens (including phenoxy) is 1. The maximum absolute atomic E-state index is 12.8. The summed E-state index contributed by atoms with van der Waals surface area (Å²) >= 11 is 4.96. The minimum atomic E-state index is -0.751. The van der Waals surface area contributed by atoms with Gasteiger partial charge in [0, 0.05) is 12.8 Å². The second-order valence-corrected chi connectivity index (χ2v) is 9.33. The minimum Gasteiger partial charge on any atom is -0.497 e. The minimum absolute atomic E-state index is 0.188. The van der Waals surface area contributed by atoms with Gasteiger partial charge in [0.2, 0.25) is 0 Å². The molecule has 0 radical (unpaired) electrons. The summed E-state index contributed by atoms with van der Waals surface area (Å²) in [7, 11) is 1.70. The number of carbonyl (C=O) groups is 2. The highest BCUT2D eigenvalue weighted by Crippen LogP contribution is 2.60. The van der Waals surface area contributed by atoms with E-state index in [1.165, 1.54) is 11.1 Å². The van der Waals surface area contributed by atoms with Gasteiger partial charge in [0.05, 0.1) is 11.9 Å². The van der Waals surface area contributed by atoms with Crippen LogP contribution in [-0.2, 0) is 16.0 Å². The molecule has 1 aromatic rings. The third-order valence-electron chi connectivity index (χ3n) is 7.27. The SMILES string of the molecule is COc1ccc2c(c1)CCC1C2CCC2(S)C(=O)C[C@@H](CCCC(=O)O)C12. The molecule has 0 spiro atoms. The first-order valence-electron chi connectivity index (χ1n) is 10.1. The van der Waals surface area contributed by atoms with Crippen molar-refractivity contribution in [2.75, 3.05) is 7.11 Å². The van der Waals surface area contributed by atoms with Gasteiger partial charge in [0.15, 0.2) is 0 Å². The van der Waals surface area contributed by atoms with E-state index in [1.54, 1.807) is 7.11 Å². The van der Waals surface area contributed by atoms with E-state index in [0.717, 1.165) is 37.9 Å². The van der Waals surface area contributed by atoms with E-state index in [2.05, 4.69) is 12.1 Å². The molecule has 1 N–H and O–H groups in total. The third-order valence-corrected chi connectivity index (χ3v) is 8.04. The van der Waals surface area contributed by atoms with Gasteiger partial charge < -0.3 is 9.84 Å². The molecular weight excluding hydrogens is 360 g/mol. The zero-order valence-corrected chi connectivity index (χ0v) is 16.7. The van der Waals surface area contributed by atoms with E-state index in [9.17, 15) is 9.59 Å². The highest BCUT2D eigenvalue weighted by Gasteiger charge is 2.59. The maximum atomic E-state index is 12.8. The molecule has 5 heteroatoms. The Morgan fingerprint density at radius 3 is 2.93 bits per heavy atom. The molecule has 0 saturated heterocycles. The Bertz CT molecular complexity index is 761. The standard InChI is InChI=1S/C22H28O4S/c1-26-15-6-8-16-13(11-15)5-7-18-17(16)9-10-22(27)19(23)12-14(21(18)22)3-2-4-20(24)25/h6,8,11,14,17-18,21,27H,2-5,7,9-10,12H2,1H3,(H,24,25)/t14-,17?,18?,21?,22?/m1/s1. The van der Waals surface area contributed by atoms with Crippen LogP contribution in [0.5, 0.6) is 5.75 Å². The first-order chi connectivity index (χ1) is 12.9. The molecule has 5 atom stereocenters. The predicted molar refractivity (Wildman–Crippen MR) is 107 cm³/mol. The Morgan fingerprint density at radius 2 is 2.19 bits per heavy atom.